The summed E-state index contributed by atoms with van der Waals surface area (Å²) in [5, 5.41) is 8.42. The predicted octanol–water partition coefficient (Wildman–Crippen LogP) is 6.16. The smallest absolute Gasteiger partial charge is 0.163 e. The van der Waals surface area contributed by atoms with Crippen LogP contribution < -0.4 is 15.4 Å². The Morgan fingerprint density at radius 3 is 2.45 bits per heavy atom. The molecule has 1 aliphatic carbocycles. The molecular formula is C28H25N3O2. The summed E-state index contributed by atoms with van der Waals surface area (Å²) in [5.74, 6) is 1.13. The second-order valence-electron chi connectivity index (χ2n) is 8.73. The molecule has 5 nitrogen and oxygen atoms in total. The van der Waals surface area contributed by atoms with Crippen molar-refractivity contribution in [3.05, 3.63) is 101 Å². The zero-order chi connectivity index (χ0) is 22.4. The Kier molecular flexibility index (Phi) is 4.68. The average Bonchev–Trinajstić information content (AvgIpc) is 3.20. The van der Waals surface area contributed by atoms with E-state index in [0.717, 1.165) is 56.8 Å². The Morgan fingerprint density at radius 2 is 1.64 bits per heavy atom. The second kappa shape index (κ2) is 7.85. The molecule has 0 bridgehead atoms. The van der Waals surface area contributed by atoms with Gasteiger partial charge in [-0.3, -0.25) is 4.79 Å². The number of hydrogen-bond donors (Lipinski definition) is 3. The van der Waals surface area contributed by atoms with Crippen molar-refractivity contribution in [3.8, 4) is 5.75 Å². The summed E-state index contributed by atoms with van der Waals surface area (Å²) in [4.78, 5) is 17.1. The molecule has 0 saturated carbocycles. The van der Waals surface area contributed by atoms with Crippen molar-refractivity contribution in [3.63, 3.8) is 0 Å². The molecule has 0 unspecified atom stereocenters. The maximum Gasteiger partial charge on any atom is 0.163 e. The number of benzene rings is 3. The van der Waals surface area contributed by atoms with E-state index in [9.17, 15) is 4.79 Å². The van der Waals surface area contributed by atoms with Crippen LogP contribution in [0.15, 0.2) is 90.3 Å². The minimum atomic E-state index is -0.225. The molecular weight excluding hydrogens is 410 g/mol. The van der Waals surface area contributed by atoms with Crippen LogP contribution in [0.1, 0.15) is 35.9 Å². The first-order chi connectivity index (χ1) is 16.2. The van der Waals surface area contributed by atoms with Crippen LogP contribution in [0.2, 0.25) is 0 Å². The van der Waals surface area contributed by atoms with Crippen LogP contribution in [0.5, 0.6) is 5.75 Å². The summed E-state index contributed by atoms with van der Waals surface area (Å²) in [6.07, 6.45) is 3.30. The van der Waals surface area contributed by atoms with Gasteiger partial charge in [-0.2, -0.15) is 0 Å². The van der Waals surface area contributed by atoms with Crippen molar-refractivity contribution in [1.82, 2.24) is 4.98 Å². The van der Waals surface area contributed by atoms with Gasteiger partial charge in [-0.05, 0) is 48.2 Å². The number of anilines is 2. The fraction of sp³-hybridized carbons (Fsp3) is 0.179. The first kappa shape index (κ1) is 19.7. The number of allylic oxidation sites excluding steroid dienone is 1. The molecule has 2 heterocycles. The molecule has 1 aromatic heterocycles. The number of aromatic nitrogens is 1. The van der Waals surface area contributed by atoms with Gasteiger partial charge in [0, 0.05) is 40.4 Å². The molecule has 2 atom stereocenters. The van der Waals surface area contributed by atoms with Crippen molar-refractivity contribution >= 4 is 28.1 Å². The lowest BCUT2D eigenvalue weighted by Gasteiger charge is -2.29. The van der Waals surface area contributed by atoms with E-state index < -0.39 is 0 Å². The maximum absolute atomic E-state index is 13.7. The predicted molar refractivity (Wildman–Crippen MR) is 132 cm³/mol. The van der Waals surface area contributed by atoms with Crippen molar-refractivity contribution in [2.45, 2.75) is 24.8 Å². The summed E-state index contributed by atoms with van der Waals surface area (Å²) < 4.78 is 5.31. The third kappa shape index (κ3) is 3.37. The number of ether oxygens (including phenoxy) is 1. The van der Waals surface area contributed by atoms with Gasteiger partial charge in [0.15, 0.2) is 5.78 Å². The standard InChI is InChI=1S/C28H25N3O2/c1-33-19-12-10-17(11-13-19)18-14-25-27(26(32)15-18)28(31-24-9-5-4-8-23(24)30-25)21-16-29-22-7-3-2-6-20(21)22/h2-13,16,18,28-31H,14-15H2,1H3/t18-,28-/m1/s1. The number of carbonyl (C=O) groups excluding carboxylic acids is 1. The first-order valence-corrected chi connectivity index (χ1v) is 11.3. The van der Waals surface area contributed by atoms with Gasteiger partial charge >= 0.3 is 0 Å². The lowest BCUT2D eigenvalue weighted by atomic mass is 9.78. The number of para-hydroxylation sites is 3. The highest BCUT2D eigenvalue weighted by Gasteiger charge is 2.36. The lowest BCUT2D eigenvalue weighted by molar-refractivity contribution is -0.116. The van der Waals surface area contributed by atoms with E-state index in [2.05, 4.69) is 52.0 Å². The van der Waals surface area contributed by atoms with Gasteiger partial charge in [-0.15, -0.1) is 0 Å². The van der Waals surface area contributed by atoms with E-state index in [0.29, 0.717) is 6.42 Å². The largest absolute Gasteiger partial charge is 0.497 e. The molecule has 5 heteroatoms. The van der Waals surface area contributed by atoms with Gasteiger partial charge in [0.2, 0.25) is 0 Å². The Labute approximate surface area is 192 Å². The van der Waals surface area contributed by atoms with Crippen LogP contribution in [0.25, 0.3) is 10.9 Å². The number of fused-ring (bicyclic) bond motifs is 2. The molecule has 3 aromatic carbocycles. The molecule has 0 spiro atoms. The van der Waals surface area contributed by atoms with Gasteiger partial charge in [0.05, 0.1) is 24.5 Å². The molecule has 33 heavy (non-hydrogen) atoms. The van der Waals surface area contributed by atoms with Gasteiger partial charge in [0.25, 0.3) is 0 Å². The van der Waals surface area contributed by atoms with E-state index in [-0.39, 0.29) is 17.7 Å². The Hall–Kier alpha value is -3.99. The van der Waals surface area contributed by atoms with E-state index >= 15 is 0 Å². The Bertz CT molecular complexity index is 1380. The van der Waals surface area contributed by atoms with E-state index in [4.69, 9.17) is 4.74 Å². The molecule has 164 valence electrons. The van der Waals surface area contributed by atoms with Crippen molar-refractivity contribution in [1.29, 1.82) is 0 Å². The number of ketones is 1. The van der Waals surface area contributed by atoms with E-state index in [1.165, 1.54) is 0 Å². The second-order valence-corrected chi connectivity index (χ2v) is 8.73. The van der Waals surface area contributed by atoms with Crippen LogP contribution in [0, 0.1) is 0 Å². The number of nitrogens with one attached hydrogen (secondary N) is 3. The minimum Gasteiger partial charge on any atom is -0.497 e. The van der Waals surface area contributed by atoms with Crippen LogP contribution in [-0.4, -0.2) is 17.9 Å². The molecule has 0 amide bonds. The fourth-order valence-electron chi connectivity index (χ4n) is 5.17. The van der Waals surface area contributed by atoms with E-state index in [1.807, 2.05) is 42.6 Å². The first-order valence-electron chi connectivity index (χ1n) is 11.3. The Morgan fingerprint density at radius 1 is 0.879 bits per heavy atom. The van der Waals surface area contributed by atoms with Gasteiger partial charge in [0.1, 0.15) is 5.75 Å². The highest BCUT2D eigenvalue weighted by Crippen LogP contribution is 2.45. The number of H-pyrrole nitrogens is 1. The molecule has 1 aliphatic heterocycles. The van der Waals surface area contributed by atoms with Gasteiger partial charge in [-0.25, -0.2) is 0 Å². The SMILES string of the molecule is COc1ccc([C@H]2CC(=O)C3=C(C2)Nc2ccccc2N[C@@H]3c2c[nH]c3ccccc23)cc1. The number of Topliss-reactive ketones (excluding diaryl/α,β-unsaturated/α-hetero) is 1. The number of rotatable bonds is 3. The molecule has 4 aromatic rings. The summed E-state index contributed by atoms with van der Waals surface area (Å²) in [5.41, 5.74) is 7.15. The van der Waals surface area contributed by atoms with Crippen LogP contribution in [0.4, 0.5) is 11.4 Å². The topological polar surface area (TPSA) is 66.2 Å². The number of aromatic amines is 1. The number of carbonyl (C=O) groups is 1. The fourth-order valence-corrected chi connectivity index (χ4v) is 5.17. The molecule has 0 fully saturated rings. The monoisotopic (exact) mass is 435 g/mol. The number of hydrogen-bond acceptors (Lipinski definition) is 4. The van der Waals surface area contributed by atoms with Gasteiger partial charge < -0.3 is 20.4 Å². The van der Waals surface area contributed by atoms with E-state index in [1.54, 1.807) is 7.11 Å². The normalized spacial score (nSPS) is 19.8. The zero-order valence-electron chi connectivity index (χ0n) is 18.4. The van der Waals surface area contributed by atoms with Crippen LogP contribution in [-0.2, 0) is 4.79 Å². The molecule has 2 aliphatic rings. The summed E-state index contributed by atoms with van der Waals surface area (Å²) >= 11 is 0. The number of methoxy groups -OCH3 is 1. The molecule has 6 rings (SSSR count). The quantitative estimate of drug-likeness (QED) is 0.361. The van der Waals surface area contributed by atoms with Gasteiger partial charge in [-0.1, -0.05) is 42.5 Å². The Balaban J connectivity index is 1.47. The third-order valence-corrected chi connectivity index (χ3v) is 6.83. The lowest BCUT2D eigenvalue weighted by Crippen LogP contribution is -2.26. The highest BCUT2D eigenvalue weighted by molar-refractivity contribution is 6.02. The maximum atomic E-state index is 13.7. The van der Waals surface area contributed by atoms with Crippen molar-refractivity contribution < 1.29 is 9.53 Å². The third-order valence-electron chi connectivity index (χ3n) is 6.83. The van der Waals surface area contributed by atoms with Crippen LogP contribution in [0.3, 0.4) is 0 Å². The molecule has 3 N–H and O–H groups in total. The zero-order valence-corrected chi connectivity index (χ0v) is 18.4. The van der Waals surface area contributed by atoms with Crippen LogP contribution >= 0.6 is 0 Å². The van der Waals surface area contributed by atoms with Crippen molar-refractivity contribution in [2.24, 2.45) is 0 Å². The molecule has 0 saturated heterocycles. The molecule has 0 radical (unpaired) electrons. The summed E-state index contributed by atoms with van der Waals surface area (Å²) in [7, 11) is 1.67. The summed E-state index contributed by atoms with van der Waals surface area (Å²) in [6.45, 7) is 0. The average molecular weight is 436 g/mol. The summed E-state index contributed by atoms with van der Waals surface area (Å²) in [6, 6.07) is 24.3. The minimum absolute atomic E-state index is 0.128. The van der Waals surface area contributed by atoms with Crippen molar-refractivity contribution in [2.75, 3.05) is 17.7 Å². The highest BCUT2D eigenvalue weighted by atomic mass is 16.5.